The topological polar surface area (TPSA) is 58.6 Å². The monoisotopic (exact) mass is 414 g/mol. The summed E-state index contributed by atoms with van der Waals surface area (Å²) in [6.07, 6.45) is 0. The summed E-state index contributed by atoms with van der Waals surface area (Å²) in [5.74, 6) is 0.313. The van der Waals surface area contributed by atoms with Crippen LogP contribution in [0.3, 0.4) is 0 Å². The number of halogens is 2. The first-order valence-electron chi connectivity index (χ1n) is 8.59. The minimum atomic E-state index is -1.25. The van der Waals surface area contributed by atoms with Gasteiger partial charge >= 0.3 is 0 Å². The third kappa shape index (κ3) is 4.96. The number of anilines is 1. The van der Waals surface area contributed by atoms with Gasteiger partial charge in [-0.3, -0.25) is 14.5 Å². The molecule has 1 heterocycles. The highest BCUT2D eigenvalue weighted by Gasteiger charge is 2.42. The first kappa shape index (κ1) is 21.6. The van der Waals surface area contributed by atoms with Crippen LogP contribution in [0.1, 0.15) is 34.6 Å². The van der Waals surface area contributed by atoms with Gasteiger partial charge < -0.3 is 10.1 Å². The van der Waals surface area contributed by atoms with Crippen molar-refractivity contribution in [2.45, 2.75) is 40.2 Å². The van der Waals surface area contributed by atoms with Gasteiger partial charge in [-0.1, -0.05) is 25.4 Å². The Bertz CT molecular complexity index is 780. The molecular weight excluding hydrogens is 391 g/mol. The van der Waals surface area contributed by atoms with Crippen LogP contribution in [-0.4, -0.2) is 34.7 Å². The van der Waals surface area contributed by atoms with E-state index in [4.69, 9.17) is 16.3 Å². The number of allylic oxidation sites excluding steroid dienone is 1. The average molecular weight is 415 g/mol. The lowest BCUT2D eigenvalue weighted by atomic mass is 10.0. The second kappa shape index (κ2) is 8.52. The van der Waals surface area contributed by atoms with Crippen molar-refractivity contribution in [3.63, 3.8) is 0 Å². The molecule has 27 heavy (non-hydrogen) atoms. The molecule has 0 aromatic heterocycles. The number of carbonyl (C=O) groups is 2. The molecule has 1 aromatic rings. The van der Waals surface area contributed by atoms with Gasteiger partial charge in [-0.05, 0) is 44.9 Å². The number of hydrogen-bond acceptors (Lipinski definition) is 4. The molecule has 0 spiro atoms. The van der Waals surface area contributed by atoms with E-state index in [-0.39, 0.29) is 18.3 Å². The van der Waals surface area contributed by atoms with Gasteiger partial charge in [0.2, 0.25) is 5.91 Å². The molecule has 0 radical (unpaired) electrons. The van der Waals surface area contributed by atoms with Crippen molar-refractivity contribution in [1.29, 1.82) is 0 Å². The van der Waals surface area contributed by atoms with E-state index in [9.17, 15) is 14.0 Å². The Balaban J connectivity index is 2.21. The summed E-state index contributed by atoms with van der Waals surface area (Å²) in [6.45, 7) is 9.01. The predicted octanol–water partition coefficient (Wildman–Crippen LogP) is 4.63. The second-order valence-electron chi connectivity index (χ2n) is 7.23. The third-order valence-corrected chi connectivity index (χ3v) is 5.96. The number of carbonyl (C=O) groups excluding carboxylic acids is 2. The summed E-state index contributed by atoms with van der Waals surface area (Å²) in [6, 6.07) is 3.89. The number of nitrogens with one attached hydrogen (secondary N) is 1. The predicted molar refractivity (Wildman–Crippen MR) is 107 cm³/mol. The zero-order chi connectivity index (χ0) is 20.4. The summed E-state index contributed by atoms with van der Waals surface area (Å²) in [7, 11) is 0. The molecular formula is C19H24ClFN2O3S. The third-order valence-electron chi connectivity index (χ3n) is 4.14. The van der Waals surface area contributed by atoms with Gasteiger partial charge in [0.25, 0.3) is 5.91 Å². The Hall–Kier alpha value is -1.73. The summed E-state index contributed by atoms with van der Waals surface area (Å²) in [5, 5.41) is 2.81. The van der Waals surface area contributed by atoms with Crippen LogP contribution in [-0.2, 0) is 14.3 Å². The summed E-state index contributed by atoms with van der Waals surface area (Å²) in [4.78, 5) is 27.6. The van der Waals surface area contributed by atoms with Crippen LogP contribution >= 0.6 is 23.4 Å². The van der Waals surface area contributed by atoms with E-state index in [0.717, 1.165) is 5.75 Å². The molecule has 2 rings (SSSR count). The molecule has 0 saturated heterocycles. The van der Waals surface area contributed by atoms with E-state index in [2.05, 4.69) is 19.2 Å². The maximum absolute atomic E-state index is 13.9. The van der Waals surface area contributed by atoms with Gasteiger partial charge in [-0.25, -0.2) is 4.39 Å². The Morgan fingerprint density at radius 2 is 2.11 bits per heavy atom. The number of thioether (sulfide) groups is 1. The van der Waals surface area contributed by atoms with Crippen LogP contribution in [0.4, 0.5) is 10.1 Å². The van der Waals surface area contributed by atoms with Crippen LogP contribution < -0.4 is 5.32 Å². The Kier molecular flexibility index (Phi) is 6.81. The number of amides is 2. The van der Waals surface area contributed by atoms with E-state index in [1.54, 1.807) is 20.8 Å². The van der Waals surface area contributed by atoms with Crippen LogP contribution in [0.25, 0.3) is 0 Å². The summed E-state index contributed by atoms with van der Waals surface area (Å²) >= 11 is 7.29. The molecule has 148 valence electrons. The van der Waals surface area contributed by atoms with Gasteiger partial charge in [0.1, 0.15) is 22.0 Å². The standard InChI is InChI=1S/C19H24ClFN2O3S/c1-11(2)9-27-16-12(3)26-10-23(17(16)24)19(4,5)18(25)22-15-8-13(20)6-7-14(15)21/h6-8,11H,9-10H2,1-5H3,(H,22,25). The molecule has 5 nitrogen and oxygen atoms in total. The fraction of sp³-hybridized carbons (Fsp3) is 0.474. The zero-order valence-electron chi connectivity index (χ0n) is 16.1. The molecule has 0 unspecified atom stereocenters. The van der Waals surface area contributed by atoms with E-state index in [1.165, 1.54) is 34.9 Å². The molecule has 0 fully saturated rings. The van der Waals surface area contributed by atoms with Gasteiger partial charge in [0.05, 0.1) is 5.69 Å². The van der Waals surface area contributed by atoms with Crippen LogP contribution in [0.2, 0.25) is 5.02 Å². The van der Waals surface area contributed by atoms with Crippen LogP contribution in [0.15, 0.2) is 28.9 Å². The number of rotatable bonds is 6. The van der Waals surface area contributed by atoms with Crippen LogP contribution in [0, 0.1) is 11.7 Å². The van der Waals surface area contributed by atoms with E-state index in [0.29, 0.717) is 21.6 Å². The quantitative estimate of drug-likeness (QED) is 0.737. The first-order chi connectivity index (χ1) is 12.5. The van der Waals surface area contributed by atoms with Crippen LogP contribution in [0.5, 0.6) is 0 Å². The van der Waals surface area contributed by atoms with Gasteiger partial charge in [0.15, 0.2) is 6.73 Å². The molecule has 1 aliphatic heterocycles. The molecule has 0 aliphatic carbocycles. The minimum Gasteiger partial charge on any atom is -0.476 e. The molecule has 2 amide bonds. The van der Waals surface area contributed by atoms with Crippen molar-refractivity contribution >= 4 is 40.9 Å². The number of hydrogen-bond donors (Lipinski definition) is 1. The molecule has 1 N–H and O–H groups in total. The summed E-state index contributed by atoms with van der Waals surface area (Å²) < 4.78 is 19.6. The molecule has 1 aliphatic rings. The second-order valence-corrected chi connectivity index (χ2v) is 8.70. The smallest absolute Gasteiger partial charge is 0.267 e. The maximum Gasteiger partial charge on any atom is 0.267 e. The molecule has 0 saturated carbocycles. The zero-order valence-corrected chi connectivity index (χ0v) is 17.6. The maximum atomic E-state index is 13.9. The van der Waals surface area contributed by atoms with E-state index >= 15 is 0 Å². The Labute approximate surface area is 168 Å². The van der Waals surface area contributed by atoms with Crippen molar-refractivity contribution < 1.29 is 18.7 Å². The van der Waals surface area contributed by atoms with Crippen molar-refractivity contribution in [1.82, 2.24) is 4.90 Å². The highest BCUT2D eigenvalue weighted by molar-refractivity contribution is 8.04. The highest BCUT2D eigenvalue weighted by atomic mass is 35.5. The largest absolute Gasteiger partial charge is 0.476 e. The van der Waals surface area contributed by atoms with E-state index in [1.807, 2.05) is 0 Å². The molecule has 0 atom stereocenters. The van der Waals surface area contributed by atoms with Crippen molar-refractivity contribution in [2.75, 3.05) is 17.8 Å². The van der Waals surface area contributed by atoms with Crippen molar-refractivity contribution in [3.8, 4) is 0 Å². The Morgan fingerprint density at radius 3 is 2.74 bits per heavy atom. The Morgan fingerprint density at radius 1 is 1.44 bits per heavy atom. The highest BCUT2D eigenvalue weighted by Crippen LogP contribution is 2.32. The molecule has 8 heteroatoms. The van der Waals surface area contributed by atoms with Gasteiger partial charge in [-0.2, -0.15) is 0 Å². The minimum absolute atomic E-state index is 0.0351. The summed E-state index contributed by atoms with van der Waals surface area (Å²) in [5.41, 5.74) is -1.29. The lowest BCUT2D eigenvalue weighted by Gasteiger charge is -2.40. The van der Waals surface area contributed by atoms with Gasteiger partial charge in [0, 0.05) is 10.8 Å². The number of nitrogens with zero attached hydrogens (tertiary/aromatic N) is 1. The number of ether oxygens (including phenoxy) is 1. The fourth-order valence-electron chi connectivity index (χ4n) is 2.38. The molecule has 1 aromatic carbocycles. The normalized spacial score (nSPS) is 15.3. The van der Waals surface area contributed by atoms with E-state index < -0.39 is 17.3 Å². The molecule has 0 bridgehead atoms. The first-order valence-corrected chi connectivity index (χ1v) is 9.95. The van der Waals surface area contributed by atoms with Crippen molar-refractivity contribution in [2.24, 2.45) is 5.92 Å². The van der Waals surface area contributed by atoms with Crippen molar-refractivity contribution in [3.05, 3.63) is 39.7 Å². The van der Waals surface area contributed by atoms with Gasteiger partial charge in [-0.15, -0.1) is 11.8 Å². The lowest BCUT2D eigenvalue weighted by Crippen LogP contribution is -2.57. The SMILES string of the molecule is CC1=C(SCC(C)C)C(=O)N(C(C)(C)C(=O)Nc2cc(Cl)ccc2F)CO1. The lowest BCUT2D eigenvalue weighted by molar-refractivity contribution is -0.148. The fourth-order valence-corrected chi connectivity index (χ4v) is 3.55. The average Bonchev–Trinajstić information content (AvgIpc) is 2.57. The number of benzene rings is 1.